The van der Waals surface area contributed by atoms with Crippen molar-refractivity contribution < 1.29 is 18.0 Å². The minimum atomic E-state index is -3.78. The predicted octanol–water partition coefficient (Wildman–Crippen LogP) is 2.62. The van der Waals surface area contributed by atoms with Gasteiger partial charge in [-0.15, -0.1) is 11.3 Å². The van der Waals surface area contributed by atoms with Crippen molar-refractivity contribution in [1.82, 2.24) is 4.98 Å². The summed E-state index contributed by atoms with van der Waals surface area (Å²) in [4.78, 5) is 28.3. The number of sulfonamides is 1. The van der Waals surface area contributed by atoms with Crippen molar-refractivity contribution in [1.29, 1.82) is 0 Å². The summed E-state index contributed by atoms with van der Waals surface area (Å²) in [6, 6.07) is 14.9. The topological polar surface area (TPSA) is 131 Å². The Kier molecular flexibility index (Phi) is 6.72. The Morgan fingerprint density at radius 3 is 2.40 bits per heavy atom. The van der Waals surface area contributed by atoms with E-state index >= 15 is 0 Å². The van der Waals surface area contributed by atoms with Crippen LogP contribution in [0.4, 0.5) is 10.8 Å². The number of nitrogens with zero attached hydrogens (tertiary/aromatic N) is 1. The number of carbonyl (C=O) groups is 2. The summed E-state index contributed by atoms with van der Waals surface area (Å²) < 4.78 is 22.5. The van der Waals surface area contributed by atoms with Crippen LogP contribution < -0.4 is 15.8 Å². The number of nitrogens with one attached hydrogen (secondary N) is 2. The first-order chi connectivity index (χ1) is 14.3. The standard InChI is InChI=1S/C20H18N4O4S2/c21-30(27,28)17-9-7-15(8-10-17)22-19(26)12-16-13-29-20(23-16)24-18(25)11-6-14-4-2-1-3-5-14/h1-11,13H,12H2,(H,22,26)(H2,21,27,28)(H,23,24,25)/b11-6+. The molecule has 0 aliphatic rings. The second-order valence-electron chi connectivity index (χ2n) is 6.17. The Labute approximate surface area is 177 Å². The van der Waals surface area contributed by atoms with E-state index in [9.17, 15) is 18.0 Å². The Hall–Kier alpha value is -3.34. The van der Waals surface area contributed by atoms with Gasteiger partial charge in [0.1, 0.15) is 0 Å². The summed E-state index contributed by atoms with van der Waals surface area (Å²) in [5, 5.41) is 12.4. The van der Waals surface area contributed by atoms with Gasteiger partial charge in [-0.2, -0.15) is 0 Å². The van der Waals surface area contributed by atoms with Gasteiger partial charge in [0, 0.05) is 17.1 Å². The molecule has 0 fully saturated rings. The van der Waals surface area contributed by atoms with Crippen LogP contribution in [0.1, 0.15) is 11.3 Å². The summed E-state index contributed by atoms with van der Waals surface area (Å²) in [6.45, 7) is 0. The molecule has 0 atom stereocenters. The van der Waals surface area contributed by atoms with Gasteiger partial charge in [-0.05, 0) is 35.9 Å². The molecule has 3 rings (SSSR count). The lowest BCUT2D eigenvalue weighted by atomic mass is 10.2. The van der Waals surface area contributed by atoms with Crippen molar-refractivity contribution in [2.45, 2.75) is 11.3 Å². The summed E-state index contributed by atoms with van der Waals surface area (Å²) in [6.07, 6.45) is 3.11. The minimum Gasteiger partial charge on any atom is -0.326 e. The highest BCUT2D eigenvalue weighted by Crippen LogP contribution is 2.17. The number of nitrogens with two attached hydrogens (primary N) is 1. The number of anilines is 2. The van der Waals surface area contributed by atoms with E-state index in [4.69, 9.17) is 5.14 Å². The maximum absolute atomic E-state index is 12.2. The molecule has 30 heavy (non-hydrogen) atoms. The monoisotopic (exact) mass is 442 g/mol. The highest BCUT2D eigenvalue weighted by atomic mass is 32.2. The molecule has 1 heterocycles. The molecule has 154 valence electrons. The molecular weight excluding hydrogens is 424 g/mol. The molecule has 0 aliphatic heterocycles. The van der Waals surface area contributed by atoms with Crippen molar-refractivity contribution in [3.8, 4) is 0 Å². The third-order valence-electron chi connectivity index (χ3n) is 3.82. The van der Waals surface area contributed by atoms with Gasteiger partial charge >= 0.3 is 0 Å². The highest BCUT2D eigenvalue weighted by Gasteiger charge is 2.11. The second kappa shape index (κ2) is 9.44. The van der Waals surface area contributed by atoms with Crippen molar-refractivity contribution >= 4 is 50.1 Å². The SMILES string of the molecule is NS(=O)(=O)c1ccc(NC(=O)Cc2csc(NC(=O)/C=C/c3ccccc3)n2)cc1. The summed E-state index contributed by atoms with van der Waals surface area (Å²) >= 11 is 1.21. The van der Waals surface area contributed by atoms with Gasteiger partial charge in [-0.1, -0.05) is 30.3 Å². The highest BCUT2D eigenvalue weighted by molar-refractivity contribution is 7.89. The molecule has 0 aliphatic carbocycles. The first-order valence-corrected chi connectivity index (χ1v) is 11.1. The van der Waals surface area contributed by atoms with Crippen LogP contribution in [-0.2, 0) is 26.0 Å². The zero-order valence-corrected chi connectivity index (χ0v) is 17.2. The van der Waals surface area contributed by atoms with Crippen LogP contribution in [0.25, 0.3) is 6.08 Å². The van der Waals surface area contributed by atoms with E-state index in [1.54, 1.807) is 11.5 Å². The lowest BCUT2D eigenvalue weighted by Gasteiger charge is -2.05. The first-order valence-electron chi connectivity index (χ1n) is 8.71. The van der Waals surface area contributed by atoms with Crippen molar-refractivity contribution in [2.75, 3.05) is 10.6 Å². The number of aromatic nitrogens is 1. The van der Waals surface area contributed by atoms with E-state index in [-0.39, 0.29) is 23.1 Å². The quantitative estimate of drug-likeness (QED) is 0.484. The summed E-state index contributed by atoms with van der Waals surface area (Å²) in [5.74, 6) is -0.648. The first kappa shape index (κ1) is 21.4. The molecule has 0 unspecified atom stereocenters. The summed E-state index contributed by atoms with van der Waals surface area (Å²) in [5.41, 5.74) is 1.84. The van der Waals surface area contributed by atoms with Crippen LogP contribution in [0.3, 0.4) is 0 Å². The van der Waals surface area contributed by atoms with Gasteiger partial charge in [-0.3, -0.25) is 14.9 Å². The average Bonchev–Trinajstić information content (AvgIpc) is 3.13. The molecule has 0 bridgehead atoms. The maximum atomic E-state index is 12.2. The predicted molar refractivity (Wildman–Crippen MR) is 116 cm³/mol. The molecule has 10 heteroatoms. The number of hydrogen-bond donors (Lipinski definition) is 3. The number of carbonyl (C=O) groups excluding carboxylic acids is 2. The number of rotatable bonds is 7. The van der Waals surface area contributed by atoms with E-state index in [0.717, 1.165) is 5.56 Å². The van der Waals surface area contributed by atoms with Gasteiger partial charge in [-0.25, -0.2) is 18.5 Å². The maximum Gasteiger partial charge on any atom is 0.250 e. The van der Waals surface area contributed by atoms with Gasteiger partial charge < -0.3 is 5.32 Å². The third-order valence-corrected chi connectivity index (χ3v) is 5.55. The largest absolute Gasteiger partial charge is 0.326 e. The van der Waals surface area contributed by atoms with E-state index in [1.807, 2.05) is 30.3 Å². The van der Waals surface area contributed by atoms with Gasteiger partial charge in [0.15, 0.2) is 5.13 Å². The van der Waals surface area contributed by atoms with E-state index < -0.39 is 10.0 Å². The Balaban J connectivity index is 1.52. The Morgan fingerprint density at radius 2 is 1.73 bits per heavy atom. The number of hydrogen-bond acceptors (Lipinski definition) is 6. The van der Waals surface area contributed by atoms with Crippen LogP contribution in [0.2, 0.25) is 0 Å². The normalized spacial score (nSPS) is 11.4. The fourth-order valence-corrected chi connectivity index (χ4v) is 3.65. The smallest absolute Gasteiger partial charge is 0.250 e. The van der Waals surface area contributed by atoms with Crippen molar-refractivity contribution in [2.24, 2.45) is 5.14 Å². The van der Waals surface area contributed by atoms with Crippen molar-refractivity contribution in [3.05, 3.63) is 77.3 Å². The number of amides is 2. The van der Waals surface area contributed by atoms with Crippen molar-refractivity contribution in [3.63, 3.8) is 0 Å². The molecule has 0 saturated heterocycles. The summed E-state index contributed by atoms with van der Waals surface area (Å²) in [7, 11) is -3.78. The molecular formula is C20H18N4O4S2. The van der Waals surface area contributed by atoms with Crippen LogP contribution in [-0.4, -0.2) is 25.2 Å². The zero-order valence-electron chi connectivity index (χ0n) is 15.6. The molecule has 2 amide bonds. The second-order valence-corrected chi connectivity index (χ2v) is 8.59. The van der Waals surface area contributed by atoms with Gasteiger partial charge in [0.25, 0.3) is 0 Å². The van der Waals surface area contributed by atoms with E-state index in [2.05, 4.69) is 15.6 Å². The molecule has 2 aromatic carbocycles. The molecule has 0 radical (unpaired) electrons. The van der Waals surface area contributed by atoms with Crippen LogP contribution >= 0.6 is 11.3 Å². The lowest BCUT2D eigenvalue weighted by molar-refractivity contribution is -0.115. The fourth-order valence-electron chi connectivity index (χ4n) is 2.43. The van der Waals surface area contributed by atoms with E-state index in [0.29, 0.717) is 16.5 Å². The molecule has 0 spiro atoms. The van der Waals surface area contributed by atoms with E-state index in [1.165, 1.54) is 41.7 Å². The van der Waals surface area contributed by atoms with Crippen LogP contribution in [0.15, 0.2) is 70.9 Å². The molecule has 1 aromatic heterocycles. The zero-order chi connectivity index (χ0) is 21.6. The number of primary sulfonamides is 1. The number of thiazole rings is 1. The molecule has 3 aromatic rings. The van der Waals surface area contributed by atoms with Crippen LogP contribution in [0.5, 0.6) is 0 Å². The molecule has 4 N–H and O–H groups in total. The Morgan fingerprint density at radius 1 is 1.03 bits per heavy atom. The number of benzene rings is 2. The molecule has 0 saturated carbocycles. The van der Waals surface area contributed by atoms with Gasteiger partial charge in [0.05, 0.1) is 17.0 Å². The lowest BCUT2D eigenvalue weighted by Crippen LogP contribution is -2.15. The third kappa shape index (κ3) is 6.34. The van der Waals surface area contributed by atoms with Gasteiger partial charge in [0.2, 0.25) is 21.8 Å². The fraction of sp³-hybridized carbons (Fsp3) is 0.0500. The Bertz CT molecular complexity index is 1170. The average molecular weight is 443 g/mol. The molecule has 8 nitrogen and oxygen atoms in total. The minimum absolute atomic E-state index is 0.00314. The van der Waals surface area contributed by atoms with Crippen LogP contribution in [0, 0.1) is 0 Å².